The molecule has 3 N–H and O–H groups in total. The van der Waals surface area contributed by atoms with E-state index in [1.807, 2.05) is 0 Å². The molecule has 1 aromatic rings. The van der Waals surface area contributed by atoms with Gasteiger partial charge in [0.05, 0.1) is 18.8 Å². The molecule has 0 saturated carbocycles. The molecule has 0 bridgehead atoms. The van der Waals surface area contributed by atoms with E-state index in [1.165, 1.54) is 37.8 Å². The molecule has 0 radical (unpaired) electrons. The van der Waals surface area contributed by atoms with Gasteiger partial charge in [-0.25, -0.2) is 4.39 Å². The summed E-state index contributed by atoms with van der Waals surface area (Å²) in [5, 5.41) is 15.1. The standard InChI is InChI=1S/C21H33FN2O3/c1-3-5-17-12-16(9-10-23-17)6-4-11-27-18-7-8-19(20(22)13-18)21(26)24-15(2)14-25/h7-8,13,15-17,23,25H,3-6,9-12,14H2,1-2H3,(H,24,26)/t15-,16?,17?/m1/s1. The third kappa shape index (κ3) is 7.11. The first-order valence-electron chi connectivity index (χ1n) is 10.1. The van der Waals surface area contributed by atoms with Crippen molar-refractivity contribution in [3.05, 3.63) is 29.6 Å². The van der Waals surface area contributed by atoms with Gasteiger partial charge in [-0.1, -0.05) is 13.3 Å². The average molecular weight is 381 g/mol. The van der Waals surface area contributed by atoms with Crippen LogP contribution in [-0.2, 0) is 0 Å². The fraction of sp³-hybridized carbons (Fsp3) is 0.667. The van der Waals surface area contributed by atoms with Crippen molar-refractivity contribution < 1.29 is 19.0 Å². The summed E-state index contributed by atoms with van der Waals surface area (Å²) in [6.07, 6.45) is 6.98. The van der Waals surface area contributed by atoms with Gasteiger partial charge in [0.25, 0.3) is 5.91 Å². The molecule has 1 aliphatic heterocycles. The van der Waals surface area contributed by atoms with E-state index in [0.717, 1.165) is 25.3 Å². The molecule has 1 saturated heterocycles. The number of carbonyl (C=O) groups is 1. The molecule has 1 amide bonds. The van der Waals surface area contributed by atoms with Gasteiger partial charge in [-0.15, -0.1) is 0 Å². The van der Waals surface area contributed by atoms with Crippen LogP contribution in [0.3, 0.4) is 0 Å². The van der Waals surface area contributed by atoms with E-state index in [-0.39, 0.29) is 12.2 Å². The number of piperidine rings is 1. The Bertz CT molecular complexity index is 595. The van der Waals surface area contributed by atoms with Gasteiger partial charge < -0.3 is 20.5 Å². The number of nitrogens with one attached hydrogen (secondary N) is 2. The number of hydrogen-bond acceptors (Lipinski definition) is 4. The first-order valence-corrected chi connectivity index (χ1v) is 10.1. The lowest BCUT2D eigenvalue weighted by Crippen LogP contribution is -2.38. The molecule has 2 rings (SSSR count). The van der Waals surface area contributed by atoms with Crippen molar-refractivity contribution in [3.63, 3.8) is 0 Å². The van der Waals surface area contributed by atoms with Crippen LogP contribution in [0.2, 0.25) is 0 Å². The number of halogens is 1. The Labute approximate surface area is 161 Å². The Kier molecular flexibility index (Phi) is 9.01. The van der Waals surface area contributed by atoms with Crippen molar-refractivity contribution in [2.24, 2.45) is 5.92 Å². The number of ether oxygens (including phenoxy) is 1. The summed E-state index contributed by atoms with van der Waals surface area (Å²) in [7, 11) is 0. The van der Waals surface area contributed by atoms with Gasteiger partial charge in [-0.05, 0) is 63.6 Å². The number of hydrogen-bond donors (Lipinski definition) is 3. The highest BCUT2D eigenvalue weighted by atomic mass is 19.1. The highest BCUT2D eigenvalue weighted by molar-refractivity contribution is 5.94. The molecule has 1 fully saturated rings. The van der Waals surface area contributed by atoms with Gasteiger partial charge in [0.15, 0.2) is 0 Å². The van der Waals surface area contributed by atoms with Gasteiger partial charge in [0.1, 0.15) is 11.6 Å². The van der Waals surface area contributed by atoms with E-state index in [4.69, 9.17) is 9.84 Å². The Morgan fingerprint density at radius 3 is 2.96 bits per heavy atom. The molecule has 6 heteroatoms. The van der Waals surface area contributed by atoms with Crippen LogP contribution in [0, 0.1) is 11.7 Å². The van der Waals surface area contributed by atoms with E-state index in [2.05, 4.69) is 17.6 Å². The molecule has 0 aliphatic carbocycles. The predicted molar refractivity (Wildman–Crippen MR) is 105 cm³/mol. The number of carbonyl (C=O) groups excluding carboxylic acids is 1. The normalized spacial score (nSPS) is 20.9. The number of aliphatic hydroxyl groups excluding tert-OH is 1. The van der Waals surface area contributed by atoms with E-state index < -0.39 is 17.8 Å². The molecule has 1 aliphatic rings. The lowest BCUT2D eigenvalue weighted by Gasteiger charge is -2.30. The van der Waals surface area contributed by atoms with Crippen LogP contribution in [0.5, 0.6) is 5.75 Å². The van der Waals surface area contributed by atoms with Crippen LogP contribution in [0.1, 0.15) is 62.7 Å². The van der Waals surface area contributed by atoms with Crippen LogP contribution < -0.4 is 15.4 Å². The van der Waals surface area contributed by atoms with E-state index in [9.17, 15) is 9.18 Å². The Morgan fingerprint density at radius 2 is 2.26 bits per heavy atom. The van der Waals surface area contributed by atoms with Gasteiger partial charge in [0, 0.05) is 18.2 Å². The Morgan fingerprint density at radius 1 is 1.44 bits per heavy atom. The van der Waals surface area contributed by atoms with Crippen LogP contribution in [0.25, 0.3) is 0 Å². The third-order valence-electron chi connectivity index (χ3n) is 5.10. The highest BCUT2D eigenvalue weighted by Gasteiger charge is 2.20. The molecule has 2 unspecified atom stereocenters. The van der Waals surface area contributed by atoms with Crippen molar-refractivity contribution >= 4 is 5.91 Å². The number of aliphatic hydroxyl groups is 1. The number of rotatable bonds is 10. The maximum absolute atomic E-state index is 14.2. The molecule has 152 valence electrons. The zero-order valence-corrected chi connectivity index (χ0v) is 16.5. The van der Waals surface area contributed by atoms with E-state index in [1.54, 1.807) is 13.0 Å². The molecule has 5 nitrogen and oxygen atoms in total. The van der Waals surface area contributed by atoms with Crippen molar-refractivity contribution in [2.75, 3.05) is 19.8 Å². The number of amides is 1. The van der Waals surface area contributed by atoms with E-state index in [0.29, 0.717) is 18.4 Å². The topological polar surface area (TPSA) is 70.6 Å². The summed E-state index contributed by atoms with van der Waals surface area (Å²) in [5.74, 6) is 0.0280. The van der Waals surface area contributed by atoms with Crippen molar-refractivity contribution in [3.8, 4) is 5.75 Å². The quantitative estimate of drug-likeness (QED) is 0.545. The molecule has 0 spiro atoms. The molecular formula is C21H33FN2O3. The smallest absolute Gasteiger partial charge is 0.254 e. The summed E-state index contributed by atoms with van der Waals surface area (Å²) in [4.78, 5) is 11.9. The highest BCUT2D eigenvalue weighted by Crippen LogP contribution is 2.24. The first kappa shape index (κ1) is 21.6. The van der Waals surface area contributed by atoms with Crippen molar-refractivity contribution in [1.82, 2.24) is 10.6 Å². The predicted octanol–water partition coefficient (Wildman–Crippen LogP) is 3.26. The van der Waals surface area contributed by atoms with Crippen LogP contribution in [0.4, 0.5) is 4.39 Å². The summed E-state index contributed by atoms with van der Waals surface area (Å²) in [6, 6.07) is 4.52. The maximum Gasteiger partial charge on any atom is 0.254 e. The van der Waals surface area contributed by atoms with Crippen LogP contribution >= 0.6 is 0 Å². The maximum atomic E-state index is 14.2. The minimum Gasteiger partial charge on any atom is -0.493 e. The molecule has 27 heavy (non-hydrogen) atoms. The monoisotopic (exact) mass is 380 g/mol. The second-order valence-electron chi connectivity index (χ2n) is 7.52. The minimum absolute atomic E-state index is 0.0423. The number of benzene rings is 1. The third-order valence-corrected chi connectivity index (χ3v) is 5.10. The molecule has 1 aromatic carbocycles. The second kappa shape index (κ2) is 11.2. The summed E-state index contributed by atoms with van der Waals surface area (Å²) >= 11 is 0. The van der Waals surface area contributed by atoms with Gasteiger partial charge in [-0.2, -0.15) is 0 Å². The lowest BCUT2D eigenvalue weighted by molar-refractivity contribution is 0.0918. The Hall–Kier alpha value is -1.66. The first-order chi connectivity index (χ1) is 13.0. The van der Waals surface area contributed by atoms with Gasteiger partial charge in [-0.3, -0.25) is 4.79 Å². The molecular weight excluding hydrogens is 347 g/mol. The fourth-order valence-electron chi connectivity index (χ4n) is 3.60. The second-order valence-corrected chi connectivity index (χ2v) is 7.52. The SMILES string of the molecule is CCCC1CC(CCCOc2ccc(C(=O)N[C@H](C)CO)c(F)c2)CCN1. The van der Waals surface area contributed by atoms with Gasteiger partial charge in [0.2, 0.25) is 0 Å². The zero-order valence-electron chi connectivity index (χ0n) is 16.5. The van der Waals surface area contributed by atoms with Crippen molar-refractivity contribution in [2.45, 2.75) is 64.5 Å². The summed E-state index contributed by atoms with van der Waals surface area (Å²) in [5.41, 5.74) is -0.0423. The van der Waals surface area contributed by atoms with Crippen molar-refractivity contribution in [1.29, 1.82) is 0 Å². The van der Waals surface area contributed by atoms with Crippen LogP contribution in [-0.4, -0.2) is 42.9 Å². The minimum atomic E-state index is -0.615. The van der Waals surface area contributed by atoms with Crippen LogP contribution in [0.15, 0.2) is 18.2 Å². The largest absolute Gasteiger partial charge is 0.493 e. The van der Waals surface area contributed by atoms with E-state index >= 15 is 0 Å². The molecule has 0 aromatic heterocycles. The molecule has 3 atom stereocenters. The fourth-order valence-corrected chi connectivity index (χ4v) is 3.60. The molecule has 1 heterocycles. The lowest BCUT2D eigenvalue weighted by atomic mass is 9.87. The van der Waals surface area contributed by atoms with Gasteiger partial charge >= 0.3 is 0 Å². The summed E-state index contributed by atoms with van der Waals surface area (Å²) in [6.45, 7) is 5.33. The Balaban J connectivity index is 1.74. The zero-order chi connectivity index (χ0) is 19.6. The average Bonchev–Trinajstić information content (AvgIpc) is 2.65. The summed E-state index contributed by atoms with van der Waals surface area (Å²) < 4.78 is 19.8.